The highest BCUT2D eigenvalue weighted by Gasteiger charge is 2.17. The molecule has 0 spiro atoms. The van der Waals surface area contributed by atoms with Gasteiger partial charge in [-0.3, -0.25) is 4.79 Å². The Kier molecular flexibility index (Phi) is 4.15. The molecule has 0 aliphatic heterocycles. The summed E-state index contributed by atoms with van der Waals surface area (Å²) < 4.78 is 0. The maximum absolute atomic E-state index is 11.0. The number of carboxylic acids is 1. The number of benzene rings is 1. The van der Waals surface area contributed by atoms with E-state index in [-0.39, 0.29) is 12.3 Å². The van der Waals surface area contributed by atoms with Gasteiger partial charge in [0, 0.05) is 10.8 Å². The van der Waals surface area contributed by atoms with Crippen LogP contribution in [0.5, 0.6) is 0 Å². The smallest absolute Gasteiger partial charge is 0.304 e. The lowest BCUT2D eigenvalue weighted by Crippen LogP contribution is -2.08. The van der Waals surface area contributed by atoms with Crippen LogP contribution >= 0.6 is 11.3 Å². The average Bonchev–Trinajstić information content (AvgIpc) is 2.84. The summed E-state index contributed by atoms with van der Waals surface area (Å²) >= 11 is 1.63. The number of hydrogen-bond donors (Lipinski definition) is 1. The van der Waals surface area contributed by atoms with E-state index in [2.05, 4.69) is 19.1 Å². The predicted molar refractivity (Wildman–Crippen MR) is 74.2 cm³/mol. The van der Waals surface area contributed by atoms with E-state index in [0.717, 1.165) is 11.3 Å². The molecule has 1 N–H and O–H groups in total. The second kappa shape index (κ2) is 5.83. The fraction of sp³-hybridized carbons (Fsp3) is 0.267. The average molecular weight is 260 g/mol. The molecule has 0 radical (unpaired) electrons. The lowest BCUT2D eigenvalue weighted by atomic mass is 9.92. The Morgan fingerprint density at radius 1 is 1.28 bits per heavy atom. The summed E-state index contributed by atoms with van der Waals surface area (Å²) in [4.78, 5) is 12.1. The zero-order valence-corrected chi connectivity index (χ0v) is 11.1. The molecule has 0 amide bonds. The number of aliphatic carboxylic acids is 1. The third-order valence-corrected chi connectivity index (χ3v) is 4.13. The number of rotatable bonds is 5. The fourth-order valence-corrected chi connectivity index (χ4v) is 2.94. The largest absolute Gasteiger partial charge is 0.481 e. The van der Waals surface area contributed by atoms with Gasteiger partial charge in [0.2, 0.25) is 0 Å². The van der Waals surface area contributed by atoms with Crippen LogP contribution < -0.4 is 0 Å². The van der Waals surface area contributed by atoms with Crippen LogP contribution in [0.1, 0.15) is 28.3 Å². The van der Waals surface area contributed by atoms with Gasteiger partial charge in [-0.25, -0.2) is 0 Å². The highest BCUT2D eigenvalue weighted by molar-refractivity contribution is 7.10. The number of hydrogen-bond acceptors (Lipinski definition) is 2. The maximum Gasteiger partial charge on any atom is 0.304 e. The van der Waals surface area contributed by atoms with Crippen LogP contribution in [-0.4, -0.2) is 11.1 Å². The van der Waals surface area contributed by atoms with Crippen LogP contribution in [0, 0.1) is 6.92 Å². The van der Waals surface area contributed by atoms with E-state index in [1.54, 1.807) is 11.3 Å². The Hall–Kier alpha value is -1.61. The quantitative estimate of drug-likeness (QED) is 0.886. The first kappa shape index (κ1) is 12.8. The number of carbonyl (C=O) groups is 1. The Balaban J connectivity index is 2.20. The van der Waals surface area contributed by atoms with Crippen molar-refractivity contribution in [2.45, 2.75) is 25.7 Å². The highest BCUT2D eigenvalue weighted by atomic mass is 32.1. The van der Waals surface area contributed by atoms with Gasteiger partial charge in [0.25, 0.3) is 0 Å². The first-order valence-electron chi connectivity index (χ1n) is 5.96. The lowest BCUT2D eigenvalue weighted by molar-refractivity contribution is -0.137. The van der Waals surface area contributed by atoms with Gasteiger partial charge in [-0.15, -0.1) is 11.3 Å². The number of carboxylic acid groups (broad SMARTS) is 1. The van der Waals surface area contributed by atoms with Crippen molar-refractivity contribution in [3.63, 3.8) is 0 Å². The molecule has 0 saturated heterocycles. The summed E-state index contributed by atoms with van der Waals surface area (Å²) in [7, 11) is 0. The van der Waals surface area contributed by atoms with Gasteiger partial charge in [0.15, 0.2) is 0 Å². The van der Waals surface area contributed by atoms with Crippen molar-refractivity contribution >= 4 is 17.3 Å². The topological polar surface area (TPSA) is 37.3 Å². The number of aryl methyl sites for hydroxylation is 1. The summed E-state index contributed by atoms with van der Waals surface area (Å²) in [6.07, 6.45) is 0.980. The molecule has 2 rings (SSSR count). The maximum atomic E-state index is 11.0. The second-order valence-corrected chi connectivity index (χ2v) is 5.42. The molecule has 2 aromatic rings. The van der Waals surface area contributed by atoms with Crippen molar-refractivity contribution < 1.29 is 9.90 Å². The normalized spacial score (nSPS) is 12.3. The van der Waals surface area contributed by atoms with Crippen molar-refractivity contribution in [2.75, 3.05) is 0 Å². The molecule has 1 heterocycles. The first-order chi connectivity index (χ1) is 8.66. The molecule has 0 aliphatic carbocycles. The second-order valence-electron chi connectivity index (χ2n) is 4.44. The molecular weight excluding hydrogens is 244 g/mol. The van der Waals surface area contributed by atoms with Gasteiger partial charge in [0.05, 0.1) is 6.42 Å². The Bertz CT molecular complexity index is 517. The van der Waals surface area contributed by atoms with Crippen molar-refractivity contribution in [1.82, 2.24) is 0 Å². The first-order valence-corrected chi connectivity index (χ1v) is 6.84. The van der Waals surface area contributed by atoms with Gasteiger partial charge < -0.3 is 5.11 Å². The van der Waals surface area contributed by atoms with E-state index in [9.17, 15) is 4.79 Å². The standard InChI is InChI=1S/C15H16O2S/c1-11-5-2-3-6-12(11)9-13(10-15(16)17)14-7-4-8-18-14/h2-8,13H,9-10H2,1H3,(H,16,17). The van der Waals surface area contributed by atoms with Crippen LogP contribution in [0.4, 0.5) is 0 Å². The minimum atomic E-state index is -0.734. The van der Waals surface area contributed by atoms with E-state index in [0.29, 0.717) is 0 Å². The molecule has 1 aromatic heterocycles. The minimum absolute atomic E-state index is 0.0728. The van der Waals surface area contributed by atoms with Gasteiger partial charge in [-0.2, -0.15) is 0 Å². The molecule has 0 fully saturated rings. The van der Waals surface area contributed by atoms with Crippen LogP contribution in [0.2, 0.25) is 0 Å². The molecule has 1 aromatic carbocycles. The third-order valence-electron chi connectivity index (χ3n) is 3.09. The minimum Gasteiger partial charge on any atom is -0.481 e. The van der Waals surface area contributed by atoms with Gasteiger partial charge in [-0.1, -0.05) is 30.3 Å². The van der Waals surface area contributed by atoms with E-state index in [1.807, 2.05) is 29.6 Å². The molecule has 2 nitrogen and oxygen atoms in total. The van der Waals surface area contributed by atoms with E-state index >= 15 is 0 Å². The van der Waals surface area contributed by atoms with E-state index in [4.69, 9.17) is 5.11 Å². The molecule has 0 bridgehead atoms. The van der Waals surface area contributed by atoms with Crippen LogP contribution in [-0.2, 0) is 11.2 Å². The highest BCUT2D eigenvalue weighted by Crippen LogP contribution is 2.29. The van der Waals surface area contributed by atoms with Crippen LogP contribution in [0.15, 0.2) is 41.8 Å². The zero-order chi connectivity index (χ0) is 13.0. The van der Waals surface area contributed by atoms with E-state index in [1.165, 1.54) is 11.1 Å². The van der Waals surface area contributed by atoms with Crippen molar-refractivity contribution in [1.29, 1.82) is 0 Å². The summed E-state index contributed by atoms with van der Waals surface area (Å²) in [6, 6.07) is 12.2. The van der Waals surface area contributed by atoms with E-state index < -0.39 is 5.97 Å². The van der Waals surface area contributed by atoms with Crippen molar-refractivity contribution in [2.24, 2.45) is 0 Å². The van der Waals surface area contributed by atoms with Crippen LogP contribution in [0.3, 0.4) is 0 Å². The Morgan fingerprint density at radius 2 is 2.06 bits per heavy atom. The monoisotopic (exact) mass is 260 g/mol. The SMILES string of the molecule is Cc1ccccc1CC(CC(=O)O)c1cccs1. The molecule has 18 heavy (non-hydrogen) atoms. The molecular formula is C15H16O2S. The van der Waals surface area contributed by atoms with Crippen molar-refractivity contribution in [3.05, 3.63) is 57.8 Å². The summed E-state index contributed by atoms with van der Waals surface area (Å²) in [5.41, 5.74) is 2.46. The van der Waals surface area contributed by atoms with Gasteiger partial charge in [-0.05, 0) is 35.9 Å². The molecule has 1 atom stereocenters. The molecule has 0 saturated carbocycles. The Labute approximate surface area is 111 Å². The summed E-state index contributed by atoms with van der Waals surface area (Å²) in [5.74, 6) is -0.661. The summed E-state index contributed by atoms with van der Waals surface area (Å²) in [6.45, 7) is 2.07. The molecule has 3 heteroatoms. The molecule has 1 unspecified atom stereocenters. The summed E-state index contributed by atoms with van der Waals surface area (Å²) in [5, 5.41) is 11.0. The van der Waals surface area contributed by atoms with Gasteiger partial charge >= 0.3 is 5.97 Å². The Morgan fingerprint density at radius 3 is 2.67 bits per heavy atom. The fourth-order valence-electron chi connectivity index (χ4n) is 2.11. The van der Waals surface area contributed by atoms with Crippen molar-refractivity contribution in [3.8, 4) is 0 Å². The van der Waals surface area contributed by atoms with Crippen LogP contribution in [0.25, 0.3) is 0 Å². The molecule has 94 valence electrons. The third kappa shape index (κ3) is 3.20. The number of thiophene rings is 1. The molecule has 0 aliphatic rings. The predicted octanol–water partition coefficient (Wildman–Crippen LogP) is 3.86. The zero-order valence-electron chi connectivity index (χ0n) is 10.3. The van der Waals surface area contributed by atoms with Gasteiger partial charge in [0.1, 0.15) is 0 Å². The lowest BCUT2D eigenvalue weighted by Gasteiger charge is -2.14.